The van der Waals surface area contributed by atoms with E-state index in [4.69, 9.17) is 9.47 Å². The van der Waals surface area contributed by atoms with Gasteiger partial charge in [-0.25, -0.2) is 4.39 Å². The van der Waals surface area contributed by atoms with Crippen LogP contribution in [-0.2, 0) is 16.2 Å². The van der Waals surface area contributed by atoms with E-state index >= 15 is 0 Å². The Morgan fingerprint density at radius 2 is 1.83 bits per heavy atom. The van der Waals surface area contributed by atoms with Crippen molar-refractivity contribution in [2.75, 3.05) is 19.0 Å². The van der Waals surface area contributed by atoms with Gasteiger partial charge >= 0.3 is 0 Å². The second kappa shape index (κ2) is 11.4. The Kier molecular flexibility index (Phi) is 8.07. The number of halogens is 2. The van der Waals surface area contributed by atoms with Crippen molar-refractivity contribution in [1.82, 2.24) is 4.90 Å². The van der Waals surface area contributed by atoms with Gasteiger partial charge in [0, 0.05) is 4.47 Å². The number of imide groups is 1. The molecular weight excluding hydrogens is 551 g/mol. The van der Waals surface area contributed by atoms with Crippen LogP contribution in [0.2, 0.25) is 0 Å². The molecule has 184 valence electrons. The van der Waals surface area contributed by atoms with Crippen LogP contribution in [0.5, 0.6) is 11.5 Å². The van der Waals surface area contributed by atoms with Gasteiger partial charge in [0.2, 0.25) is 5.91 Å². The van der Waals surface area contributed by atoms with Crippen LogP contribution >= 0.6 is 27.7 Å². The van der Waals surface area contributed by atoms with Crippen LogP contribution < -0.4 is 14.8 Å². The average molecular weight is 571 g/mol. The number of nitrogens with zero attached hydrogens (tertiary/aromatic N) is 1. The molecule has 10 heteroatoms. The molecule has 1 saturated heterocycles. The van der Waals surface area contributed by atoms with Gasteiger partial charge in [-0.1, -0.05) is 46.3 Å². The maximum Gasteiger partial charge on any atom is 0.294 e. The summed E-state index contributed by atoms with van der Waals surface area (Å²) < 4.78 is 26.0. The highest BCUT2D eigenvalue weighted by atomic mass is 79.9. The van der Waals surface area contributed by atoms with Crippen molar-refractivity contribution in [1.29, 1.82) is 0 Å². The minimum atomic E-state index is -0.683. The van der Waals surface area contributed by atoms with Crippen LogP contribution in [0, 0.1) is 5.82 Å². The van der Waals surface area contributed by atoms with Crippen LogP contribution in [0.3, 0.4) is 0 Å². The first-order chi connectivity index (χ1) is 17.3. The number of rotatable bonds is 8. The number of para-hydroxylation sites is 1. The van der Waals surface area contributed by atoms with E-state index in [1.807, 2.05) is 24.3 Å². The zero-order valence-corrected chi connectivity index (χ0v) is 21.4. The zero-order chi connectivity index (χ0) is 25.7. The summed E-state index contributed by atoms with van der Waals surface area (Å²) in [5, 5.41) is 1.78. The maximum absolute atomic E-state index is 13.8. The molecule has 0 aliphatic carbocycles. The van der Waals surface area contributed by atoms with Crippen molar-refractivity contribution in [3.05, 3.63) is 93.1 Å². The van der Waals surface area contributed by atoms with Gasteiger partial charge in [0.15, 0.2) is 11.5 Å². The Labute approximate surface area is 219 Å². The van der Waals surface area contributed by atoms with Crippen molar-refractivity contribution < 1.29 is 28.2 Å². The predicted octanol–water partition coefficient (Wildman–Crippen LogP) is 5.85. The summed E-state index contributed by atoms with van der Waals surface area (Å²) in [6.45, 7) is -0.181. The topological polar surface area (TPSA) is 84.9 Å². The average Bonchev–Trinajstić information content (AvgIpc) is 3.12. The fourth-order valence-electron chi connectivity index (χ4n) is 3.32. The molecular formula is C26H20BrFN2O5S. The molecule has 0 radical (unpaired) electrons. The van der Waals surface area contributed by atoms with Gasteiger partial charge in [-0.2, -0.15) is 0 Å². The van der Waals surface area contributed by atoms with E-state index in [0.29, 0.717) is 23.7 Å². The Bertz CT molecular complexity index is 1350. The number of amides is 3. The van der Waals surface area contributed by atoms with Crippen molar-refractivity contribution in [3.63, 3.8) is 0 Å². The lowest BCUT2D eigenvalue weighted by Gasteiger charge is -2.13. The molecule has 4 rings (SSSR count). The van der Waals surface area contributed by atoms with Gasteiger partial charge in [0.05, 0.1) is 17.7 Å². The first-order valence-electron chi connectivity index (χ1n) is 10.7. The lowest BCUT2D eigenvalue weighted by Crippen LogP contribution is -2.36. The number of methoxy groups -OCH3 is 1. The van der Waals surface area contributed by atoms with E-state index in [0.717, 1.165) is 26.7 Å². The molecule has 36 heavy (non-hydrogen) atoms. The van der Waals surface area contributed by atoms with Gasteiger partial charge in [-0.15, -0.1) is 0 Å². The van der Waals surface area contributed by atoms with E-state index in [9.17, 15) is 18.8 Å². The predicted molar refractivity (Wildman–Crippen MR) is 139 cm³/mol. The molecule has 1 fully saturated rings. The Hall–Kier alpha value is -3.63. The van der Waals surface area contributed by atoms with Crippen molar-refractivity contribution in [2.45, 2.75) is 6.61 Å². The van der Waals surface area contributed by atoms with Crippen molar-refractivity contribution in [3.8, 4) is 11.5 Å². The smallest absolute Gasteiger partial charge is 0.294 e. The van der Waals surface area contributed by atoms with E-state index in [2.05, 4.69) is 21.2 Å². The second-order valence-corrected chi connectivity index (χ2v) is 9.53. The summed E-state index contributed by atoms with van der Waals surface area (Å²) in [4.78, 5) is 38.4. The summed E-state index contributed by atoms with van der Waals surface area (Å²) >= 11 is 4.12. The van der Waals surface area contributed by atoms with Gasteiger partial charge in [-0.3, -0.25) is 19.3 Å². The lowest BCUT2D eigenvalue weighted by atomic mass is 10.1. The summed E-state index contributed by atoms with van der Waals surface area (Å²) in [5.74, 6) is -0.918. The Balaban J connectivity index is 1.43. The molecule has 0 aromatic heterocycles. The van der Waals surface area contributed by atoms with Crippen LogP contribution in [0.25, 0.3) is 6.08 Å². The van der Waals surface area contributed by atoms with E-state index in [1.54, 1.807) is 30.3 Å². The fourth-order valence-corrected chi connectivity index (χ4v) is 4.42. The molecule has 0 unspecified atom stereocenters. The Morgan fingerprint density at radius 1 is 1.08 bits per heavy atom. The third-order valence-electron chi connectivity index (χ3n) is 5.12. The van der Waals surface area contributed by atoms with Crippen molar-refractivity contribution in [2.24, 2.45) is 0 Å². The molecule has 3 amide bonds. The zero-order valence-electron chi connectivity index (χ0n) is 19.0. The number of ether oxygens (including phenoxy) is 2. The number of carbonyl (C=O) groups excluding carboxylic acids is 3. The highest BCUT2D eigenvalue weighted by molar-refractivity contribution is 9.10. The molecule has 1 N–H and O–H groups in total. The minimum Gasteiger partial charge on any atom is -0.493 e. The molecule has 0 atom stereocenters. The van der Waals surface area contributed by atoms with Gasteiger partial charge in [-0.05, 0) is 65.4 Å². The van der Waals surface area contributed by atoms with Crippen LogP contribution in [0.4, 0.5) is 14.9 Å². The first kappa shape index (κ1) is 25.5. The highest BCUT2D eigenvalue weighted by Gasteiger charge is 2.36. The second-order valence-electron chi connectivity index (χ2n) is 7.62. The van der Waals surface area contributed by atoms with E-state index < -0.39 is 29.4 Å². The summed E-state index contributed by atoms with van der Waals surface area (Å²) in [6, 6.07) is 18.5. The van der Waals surface area contributed by atoms with Crippen LogP contribution in [0.15, 0.2) is 76.1 Å². The molecule has 1 heterocycles. The Morgan fingerprint density at radius 3 is 2.56 bits per heavy atom. The monoisotopic (exact) mass is 570 g/mol. The maximum atomic E-state index is 13.8. The number of carbonyl (C=O) groups is 3. The summed E-state index contributed by atoms with van der Waals surface area (Å²) in [6.07, 6.45) is 1.54. The number of benzene rings is 3. The van der Waals surface area contributed by atoms with E-state index in [-0.39, 0.29) is 10.6 Å². The number of hydrogen-bond donors (Lipinski definition) is 1. The molecule has 7 nitrogen and oxygen atoms in total. The number of anilines is 1. The molecule has 0 saturated carbocycles. The molecule has 3 aromatic rings. The summed E-state index contributed by atoms with van der Waals surface area (Å²) in [7, 11) is 1.51. The van der Waals surface area contributed by atoms with Crippen LogP contribution in [0.1, 0.15) is 11.1 Å². The molecule has 0 spiro atoms. The quantitative estimate of drug-likeness (QED) is 0.342. The highest BCUT2D eigenvalue weighted by Crippen LogP contribution is 2.35. The third kappa shape index (κ3) is 6.13. The standard InChI is InChI=1S/C26H20BrFN2O5S/c1-34-22-12-17(8-11-21(22)35-15-16-6-9-18(27)10-7-16)13-23-25(32)30(26(33)36-23)14-24(31)29-20-5-3-2-4-19(20)28/h2-13H,14-15H2,1H3,(H,29,31)/b23-13-. The SMILES string of the molecule is COc1cc(/C=C2\SC(=O)N(CC(=O)Nc3ccccc3F)C2=O)ccc1OCc1ccc(Br)cc1. The number of thioether (sulfide) groups is 1. The van der Waals surface area contributed by atoms with Gasteiger partial charge in [0.25, 0.3) is 11.1 Å². The summed E-state index contributed by atoms with van der Waals surface area (Å²) in [5.41, 5.74) is 1.57. The third-order valence-corrected chi connectivity index (χ3v) is 6.55. The van der Waals surface area contributed by atoms with Gasteiger partial charge in [0.1, 0.15) is 19.0 Å². The van der Waals surface area contributed by atoms with E-state index in [1.165, 1.54) is 25.3 Å². The fraction of sp³-hybridized carbons (Fsp3) is 0.115. The molecule has 1 aliphatic heterocycles. The number of hydrogen-bond acceptors (Lipinski definition) is 6. The molecule has 1 aliphatic rings. The normalized spacial score (nSPS) is 14.3. The first-order valence-corrected chi connectivity index (χ1v) is 12.3. The minimum absolute atomic E-state index is 0.0282. The molecule has 0 bridgehead atoms. The lowest BCUT2D eigenvalue weighted by molar-refractivity contribution is -0.127. The van der Waals surface area contributed by atoms with Gasteiger partial charge < -0.3 is 14.8 Å². The molecule has 3 aromatic carbocycles. The largest absolute Gasteiger partial charge is 0.493 e. The van der Waals surface area contributed by atoms with Crippen LogP contribution in [-0.4, -0.2) is 35.6 Å². The van der Waals surface area contributed by atoms with Crippen molar-refractivity contribution >= 4 is 56.5 Å². The number of nitrogens with one attached hydrogen (secondary N) is 1.